The minimum Gasteiger partial charge on any atom is -0.490 e. The zero-order chi connectivity index (χ0) is 24.6. The zero-order valence-corrected chi connectivity index (χ0v) is 19.2. The first-order chi connectivity index (χ1) is 16.1. The average Bonchev–Trinajstić information content (AvgIpc) is 3.01. The fraction of sp³-hybridized carbons (Fsp3) is 0.200. The highest BCUT2D eigenvalue weighted by atomic mass is 35.5. The number of aliphatic hydroxyl groups is 1. The normalized spacial score (nSPS) is 16.9. The molecule has 0 saturated carbocycles. The smallest absolute Gasteiger partial charge is 0.311 e. The summed E-state index contributed by atoms with van der Waals surface area (Å²) in [6.45, 7) is 2.15. The molecule has 1 heterocycles. The molecule has 174 valence electrons. The number of ketones is 1. The first-order valence-corrected chi connectivity index (χ1v) is 10.8. The van der Waals surface area contributed by atoms with E-state index in [0.717, 1.165) is 17.2 Å². The number of ether oxygens (including phenoxy) is 1. The molecule has 0 aliphatic carbocycles. The molecule has 34 heavy (non-hydrogen) atoms. The molecule has 4 rings (SSSR count). The number of nitro groups is 1. The van der Waals surface area contributed by atoms with E-state index in [4.69, 9.17) is 16.3 Å². The Morgan fingerprint density at radius 2 is 1.85 bits per heavy atom. The molecule has 0 spiro atoms. The maximum absolute atomic E-state index is 13.5. The van der Waals surface area contributed by atoms with Gasteiger partial charge in [-0.25, -0.2) is 0 Å². The Morgan fingerprint density at radius 1 is 1.15 bits per heavy atom. The number of carbonyl (C=O) groups excluding carboxylic acids is 2. The molecule has 9 heteroatoms. The molecule has 0 saturated heterocycles. The number of halogens is 1. The number of carbonyl (C=O) groups is 2. The van der Waals surface area contributed by atoms with Crippen molar-refractivity contribution in [1.82, 2.24) is 0 Å². The van der Waals surface area contributed by atoms with Gasteiger partial charge in [0.15, 0.2) is 17.1 Å². The Balaban J connectivity index is 1.70. The first-order valence-electron chi connectivity index (χ1n) is 10.4. The van der Waals surface area contributed by atoms with Crippen LogP contribution in [0.4, 0.5) is 11.4 Å². The number of benzene rings is 3. The standard InChI is InChI=1S/C25H21ClN2O6/c1-15-3-5-16(6-4-15)14-27-20-9-8-18(26)12-19(20)25(31,24(27)30)13-22(29)17-7-10-23(34-2)21(11-17)28(32)33/h3-12,31H,13-14H2,1-2H3/t25-/m1/s1. The minimum atomic E-state index is -2.17. The van der Waals surface area contributed by atoms with Crippen molar-refractivity contribution in [2.45, 2.75) is 25.5 Å². The average molecular weight is 481 g/mol. The van der Waals surface area contributed by atoms with Crippen LogP contribution in [0.1, 0.15) is 33.5 Å². The number of aryl methyl sites for hydroxylation is 1. The van der Waals surface area contributed by atoms with Gasteiger partial charge in [-0.3, -0.25) is 19.7 Å². The summed E-state index contributed by atoms with van der Waals surface area (Å²) in [6.07, 6.45) is -0.604. The van der Waals surface area contributed by atoms with Crippen LogP contribution in [0.5, 0.6) is 5.75 Å². The molecule has 0 aromatic heterocycles. The lowest BCUT2D eigenvalue weighted by atomic mass is 9.88. The number of fused-ring (bicyclic) bond motifs is 1. The highest BCUT2D eigenvalue weighted by Crippen LogP contribution is 2.45. The number of hydrogen-bond acceptors (Lipinski definition) is 6. The van der Waals surface area contributed by atoms with Crippen LogP contribution in [0.3, 0.4) is 0 Å². The molecule has 3 aromatic rings. The lowest BCUT2D eigenvalue weighted by molar-refractivity contribution is -0.385. The van der Waals surface area contributed by atoms with Gasteiger partial charge in [0, 0.05) is 22.2 Å². The molecule has 1 aliphatic rings. The van der Waals surface area contributed by atoms with Crippen molar-refractivity contribution < 1.29 is 24.4 Å². The van der Waals surface area contributed by atoms with Gasteiger partial charge in [0.05, 0.1) is 30.7 Å². The Bertz CT molecular complexity index is 1310. The summed E-state index contributed by atoms with van der Waals surface area (Å²) in [5, 5.41) is 23.2. The lowest BCUT2D eigenvalue weighted by Crippen LogP contribution is -2.41. The van der Waals surface area contributed by atoms with Crippen LogP contribution >= 0.6 is 11.6 Å². The number of nitrogens with zero attached hydrogens (tertiary/aromatic N) is 2. The van der Waals surface area contributed by atoms with Crippen molar-refractivity contribution in [2.24, 2.45) is 0 Å². The predicted octanol–water partition coefficient (Wildman–Crippen LogP) is 4.57. The predicted molar refractivity (Wildman–Crippen MR) is 126 cm³/mol. The molecule has 0 fully saturated rings. The number of methoxy groups -OCH3 is 1. The van der Waals surface area contributed by atoms with Crippen molar-refractivity contribution in [3.8, 4) is 5.75 Å². The van der Waals surface area contributed by atoms with Crippen LogP contribution in [-0.2, 0) is 16.9 Å². The summed E-state index contributed by atoms with van der Waals surface area (Å²) in [6, 6.07) is 16.1. The van der Waals surface area contributed by atoms with Crippen LogP contribution in [0.25, 0.3) is 0 Å². The van der Waals surface area contributed by atoms with Crippen molar-refractivity contribution in [2.75, 3.05) is 12.0 Å². The van der Waals surface area contributed by atoms with Crippen LogP contribution in [0.2, 0.25) is 5.02 Å². The minimum absolute atomic E-state index is 0.00129. The van der Waals surface area contributed by atoms with Crippen molar-refractivity contribution >= 4 is 34.7 Å². The Kier molecular flexibility index (Phi) is 6.12. The van der Waals surface area contributed by atoms with E-state index in [-0.39, 0.29) is 29.1 Å². The van der Waals surface area contributed by atoms with E-state index in [1.165, 1.54) is 30.2 Å². The maximum atomic E-state index is 13.5. The fourth-order valence-corrected chi connectivity index (χ4v) is 4.24. The van der Waals surface area contributed by atoms with E-state index in [1.807, 2.05) is 31.2 Å². The largest absolute Gasteiger partial charge is 0.490 e. The third kappa shape index (κ3) is 4.13. The molecule has 1 N–H and O–H groups in total. The summed E-state index contributed by atoms with van der Waals surface area (Å²) in [5.41, 5.74) is 0.00772. The summed E-state index contributed by atoms with van der Waals surface area (Å²) in [4.78, 5) is 38.7. The molecule has 8 nitrogen and oxygen atoms in total. The van der Waals surface area contributed by atoms with E-state index in [9.17, 15) is 24.8 Å². The van der Waals surface area contributed by atoms with Gasteiger partial charge in [-0.15, -0.1) is 0 Å². The summed E-state index contributed by atoms with van der Waals surface area (Å²) >= 11 is 6.15. The second-order valence-electron chi connectivity index (χ2n) is 8.14. The van der Waals surface area contributed by atoms with Crippen LogP contribution in [0, 0.1) is 17.0 Å². The van der Waals surface area contributed by atoms with Crippen molar-refractivity contribution in [3.05, 3.63) is 98.1 Å². The van der Waals surface area contributed by atoms with Crippen molar-refractivity contribution in [1.29, 1.82) is 0 Å². The highest BCUT2D eigenvalue weighted by Gasteiger charge is 2.51. The molecular weight excluding hydrogens is 460 g/mol. The third-order valence-corrected chi connectivity index (χ3v) is 6.10. The van der Waals surface area contributed by atoms with Gasteiger partial charge in [0.2, 0.25) is 0 Å². The van der Waals surface area contributed by atoms with Crippen molar-refractivity contribution in [3.63, 3.8) is 0 Å². The number of hydrogen-bond donors (Lipinski definition) is 1. The fourth-order valence-electron chi connectivity index (χ4n) is 4.07. The van der Waals surface area contributed by atoms with Gasteiger partial charge in [-0.2, -0.15) is 0 Å². The van der Waals surface area contributed by atoms with E-state index in [1.54, 1.807) is 12.1 Å². The number of anilines is 1. The quantitative estimate of drug-likeness (QED) is 0.301. The Hall–Kier alpha value is -3.75. The van der Waals surface area contributed by atoms with Gasteiger partial charge in [-0.05, 0) is 42.8 Å². The first kappa shape index (κ1) is 23.4. The topological polar surface area (TPSA) is 110 Å². The van der Waals surface area contributed by atoms with E-state index in [0.29, 0.717) is 10.7 Å². The second-order valence-corrected chi connectivity index (χ2v) is 8.58. The second kappa shape index (κ2) is 8.89. The third-order valence-electron chi connectivity index (χ3n) is 5.87. The summed E-state index contributed by atoms with van der Waals surface area (Å²) in [5.74, 6) is -1.30. The lowest BCUT2D eigenvalue weighted by Gasteiger charge is -2.23. The molecule has 0 radical (unpaired) electrons. The molecule has 1 amide bonds. The highest BCUT2D eigenvalue weighted by molar-refractivity contribution is 6.31. The van der Waals surface area contributed by atoms with Gasteiger partial charge in [0.25, 0.3) is 5.91 Å². The van der Waals surface area contributed by atoms with Gasteiger partial charge >= 0.3 is 5.69 Å². The Morgan fingerprint density at radius 3 is 2.50 bits per heavy atom. The van der Waals surface area contributed by atoms with E-state index in [2.05, 4.69) is 0 Å². The van der Waals surface area contributed by atoms with E-state index < -0.39 is 28.6 Å². The molecular formula is C25H21ClN2O6. The van der Waals surface area contributed by atoms with Crippen LogP contribution in [-0.4, -0.2) is 28.8 Å². The Labute approximate surface area is 200 Å². The maximum Gasteiger partial charge on any atom is 0.311 e. The number of Topliss-reactive ketones (excluding diaryl/α,β-unsaturated/α-hetero) is 1. The van der Waals surface area contributed by atoms with Gasteiger partial charge in [0.1, 0.15) is 0 Å². The summed E-state index contributed by atoms with van der Waals surface area (Å²) in [7, 11) is 1.28. The zero-order valence-electron chi connectivity index (χ0n) is 18.4. The molecule has 3 aromatic carbocycles. The van der Waals surface area contributed by atoms with Crippen LogP contribution in [0.15, 0.2) is 60.7 Å². The van der Waals surface area contributed by atoms with Crippen LogP contribution < -0.4 is 9.64 Å². The monoisotopic (exact) mass is 480 g/mol. The molecule has 1 atom stereocenters. The SMILES string of the molecule is COc1ccc(C(=O)C[C@]2(O)C(=O)N(Cc3ccc(C)cc3)c3ccc(Cl)cc32)cc1[N+](=O)[O-]. The number of amides is 1. The van der Waals surface area contributed by atoms with E-state index >= 15 is 0 Å². The van der Waals surface area contributed by atoms with Gasteiger partial charge < -0.3 is 14.7 Å². The number of nitro benzene ring substituents is 1. The molecule has 1 aliphatic heterocycles. The molecule has 0 unspecified atom stereocenters. The number of rotatable bonds is 7. The van der Waals surface area contributed by atoms with Gasteiger partial charge in [-0.1, -0.05) is 41.4 Å². The molecule has 0 bridgehead atoms. The summed E-state index contributed by atoms with van der Waals surface area (Å²) < 4.78 is 4.97.